The standard InChI is InChI=1S/C29H32Br2S2/c1-3-5-15-29(16-6-4-2)25-19-21(32-17-7-9-27(32)30)11-13-23(25)24-14-12-22(20-26(24)29)33-18-8-10-28(33)31/h7-14,17-20,32-33H,3-6,15-16H2,1-2H3. The zero-order valence-corrected chi connectivity index (χ0v) is 24.3. The van der Waals surface area contributed by atoms with Gasteiger partial charge in [0.2, 0.25) is 0 Å². The molecule has 2 heterocycles. The molecule has 2 aromatic carbocycles. The third-order valence-electron chi connectivity index (χ3n) is 7.20. The van der Waals surface area contributed by atoms with Gasteiger partial charge in [0.05, 0.1) is 0 Å². The second-order valence-corrected chi connectivity index (χ2v) is 16.2. The van der Waals surface area contributed by atoms with E-state index >= 15 is 0 Å². The van der Waals surface area contributed by atoms with Crippen LogP contribution in [-0.4, -0.2) is 0 Å². The molecule has 33 heavy (non-hydrogen) atoms. The van der Waals surface area contributed by atoms with E-state index in [4.69, 9.17) is 0 Å². The van der Waals surface area contributed by atoms with Crippen LogP contribution < -0.4 is 0 Å². The first kappa shape index (κ1) is 23.8. The number of allylic oxidation sites excluding steroid dienone is 4. The summed E-state index contributed by atoms with van der Waals surface area (Å²) in [5, 5.41) is 4.75. The van der Waals surface area contributed by atoms with E-state index in [2.05, 4.69) is 117 Å². The summed E-state index contributed by atoms with van der Waals surface area (Å²) in [6.45, 7) is 4.67. The largest absolute Gasteiger partial charge is 0.173 e. The topological polar surface area (TPSA) is 0 Å². The second kappa shape index (κ2) is 9.97. The SMILES string of the molecule is CCCCC1(CCCC)c2cc([SH]3C=CC=C3Br)ccc2-c2ccc([SH]3C=CC=C3Br)cc21. The molecule has 1 aliphatic carbocycles. The van der Waals surface area contributed by atoms with Crippen LogP contribution in [0.4, 0.5) is 0 Å². The van der Waals surface area contributed by atoms with Gasteiger partial charge in [0.1, 0.15) is 0 Å². The van der Waals surface area contributed by atoms with E-state index in [0.29, 0.717) is 0 Å². The fourth-order valence-electron chi connectivity index (χ4n) is 5.53. The molecule has 2 atom stereocenters. The van der Waals surface area contributed by atoms with Gasteiger partial charge in [-0.2, -0.15) is 21.8 Å². The summed E-state index contributed by atoms with van der Waals surface area (Å²) >= 11 is 7.66. The summed E-state index contributed by atoms with van der Waals surface area (Å²) in [7, 11) is -0.786. The third kappa shape index (κ3) is 4.20. The van der Waals surface area contributed by atoms with E-state index in [0.717, 1.165) is 0 Å². The number of unbranched alkanes of at least 4 members (excludes halogenated alkanes) is 2. The van der Waals surface area contributed by atoms with Crippen molar-refractivity contribution in [2.24, 2.45) is 0 Å². The molecule has 3 aliphatic rings. The highest BCUT2D eigenvalue weighted by Crippen LogP contribution is 2.60. The predicted octanol–water partition coefficient (Wildman–Crippen LogP) is 10.6. The molecule has 0 N–H and O–H groups in total. The van der Waals surface area contributed by atoms with Crippen LogP contribution in [0.5, 0.6) is 0 Å². The van der Waals surface area contributed by atoms with Crippen LogP contribution >= 0.6 is 53.6 Å². The Hall–Kier alpha value is -0.940. The highest BCUT2D eigenvalue weighted by atomic mass is 79.9. The van der Waals surface area contributed by atoms with Crippen molar-refractivity contribution in [3.63, 3.8) is 0 Å². The van der Waals surface area contributed by atoms with Crippen molar-refractivity contribution in [1.29, 1.82) is 0 Å². The van der Waals surface area contributed by atoms with Gasteiger partial charge in [0.15, 0.2) is 0 Å². The predicted molar refractivity (Wildman–Crippen MR) is 159 cm³/mol. The molecule has 4 heteroatoms. The van der Waals surface area contributed by atoms with E-state index in [1.807, 2.05) is 0 Å². The highest BCUT2D eigenvalue weighted by Gasteiger charge is 2.42. The maximum atomic E-state index is 3.83. The number of benzene rings is 2. The smallest absolute Gasteiger partial charge is 0.0382 e. The molecule has 2 aliphatic heterocycles. The maximum Gasteiger partial charge on any atom is 0.0382 e. The van der Waals surface area contributed by atoms with Crippen molar-refractivity contribution in [3.05, 3.63) is 90.3 Å². The summed E-state index contributed by atoms with van der Waals surface area (Å²) in [5.41, 5.74) is 6.24. The van der Waals surface area contributed by atoms with Crippen molar-refractivity contribution in [2.75, 3.05) is 0 Å². The first-order valence-corrected chi connectivity index (χ1v) is 16.5. The van der Waals surface area contributed by atoms with Gasteiger partial charge in [0, 0.05) is 13.0 Å². The molecule has 5 rings (SSSR count). The van der Waals surface area contributed by atoms with Gasteiger partial charge >= 0.3 is 0 Å². The molecule has 0 amide bonds. The molecule has 0 nitrogen and oxygen atoms in total. The third-order valence-corrected chi connectivity index (χ3v) is 13.8. The Labute approximate surface area is 221 Å². The lowest BCUT2D eigenvalue weighted by Crippen LogP contribution is -2.25. The Balaban J connectivity index is 1.68. The number of hydrogen-bond donors (Lipinski definition) is 2. The summed E-state index contributed by atoms with van der Waals surface area (Å²) in [6, 6.07) is 14.8. The minimum Gasteiger partial charge on any atom is -0.173 e. The fourth-order valence-corrected chi connectivity index (χ4v) is 10.9. The molecule has 2 aromatic rings. The normalized spacial score (nSPS) is 24.0. The Morgan fingerprint density at radius 1 is 0.697 bits per heavy atom. The van der Waals surface area contributed by atoms with Crippen molar-refractivity contribution in [3.8, 4) is 11.1 Å². The summed E-state index contributed by atoms with van der Waals surface area (Å²) in [4.78, 5) is 2.94. The quantitative estimate of drug-likeness (QED) is 0.275. The number of fused-ring (bicyclic) bond motifs is 3. The van der Waals surface area contributed by atoms with Crippen molar-refractivity contribution in [2.45, 2.75) is 67.6 Å². The molecule has 0 spiro atoms. The van der Waals surface area contributed by atoms with Crippen LogP contribution in [0.2, 0.25) is 0 Å². The molecule has 2 unspecified atom stereocenters. The van der Waals surface area contributed by atoms with E-state index in [-0.39, 0.29) is 5.41 Å². The summed E-state index contributed by atoms with van der Waals surface area (Å²) in [6.07, 6.45) is 16.3. The average Bonchev–Trinajstić information content (AvgIpc) is 3.52. The molecule has 0 aromatic heterocycles. The van der Waals surface area contributed by atoms with Crippen molar-refractivity contribution >= 4 is 53.6 Å². The van der Waals surface area contributed by atoms with Gasteiger partial charge in [-0.15, -0.1) is 0 Å². The fraction of sp³-hybridized carbons (Fsp3) is 0.310. The van der Waals surface area contributed by atoms with Crippen LogP contribution in [0.3, 0.4) is 0 Å². The molecule has 174 valence electrons. The van der Waals surface area contributed by atoms with E-state index in [1.165, 1.54) is 67.1 Å². The lowest BCUT2D eigenvalue weighted by atomic mass is 9.71. The van der Waals surface area contributed by atoms with Gasteiger partial charge < -0.3 is 0 Å². The van der Waals surface area contributed by atoms with E-state index in [9.17, 15) is 0 Å². The Bertz CT molecular complexity index is 1090. The van der Waals surface area contributed by atoms with E-state index in [1.54, 1.807) is 11.1 Å². The van der Waals surface area contributed by atoms with Gasteiger partial charge in [-0.1, -0.05) is 63.8 Å². The number of thiol groups is 2. The van der Waals surface area contributed by atoms with Crippen LogP contribution in [0, 0.1) is 0 Å². The second-order valence-electron chi connectivity index (χ2n) is 9.15. The van der Waals surface area contributed by atoms with E-state index < -0.39 is 21.8 Å². The molecular formula is C29H32Br2S2. The number of halogens is 2. The summed E-state index contributed by atoms with van der Waals surface area (Å²) < 4.78 is 2.66. The van der Waals surface area contributed by atoms with Crippen LogP contribution in [0.1, 0.15) is 63.5 Å². The molecule has 0 bridgehead atoms. The summed E-state index contributed by atoms with van der Waals surface area (Å²) in [5.74, 6) is 0. The minimum absolute atomic E-state index is 0.132. The number of rotatable bonds is 8. The number of hydrogen-bond acceptors (Lipinski definition) is 0. The molecule has 0 radical (unpaired) electrons. The molecular weight excluding hydrogens is 572 g/mol. The molecule has 0 saturated heterocycles. The molecule has 0 saturated carbocycles. The zero-order valence-electron chi connectivity index (χ0n) is 19.3. The molecule has 0 fully saturated rings. The lowest BCUT2D eigenvalue weighted by molar-refractivity contribution is 0.413. The van der Waals surface area contributed by atoms with Gasteiger partial charge in [-0.25, -0.2) is 0 Å². The minimum atomic E-state index is -0.393. The van der Waals surface area contributed by atoms with Gasteiger partial charge in [-0.3, -0.25) is 0 Å². The van der Waals surface area contributed by atoms with Crippen LogP contribution in [0.25, 0.3) is 11.1 Å². The van der Waals surface area contributed by atoms with Crippen molar-refractivity contribution < 1.29 is 0 Å². The highest BCUT2D eigenvalue weighted by molar-refractivity contribution is 9.14. The van der Waals surface area contributed by atoms with Gasteiger partial charge in [0.25, 0.3) is 0 Å². The van der Waals surface area contributed by atoms with Gasteiger partial charge in [-0.05, 0) is 124 Å². The zero-order chi connectivity index (χ0) is 23.0. The monoisotopic (exact) mass is 602 g/mol. The first-order valence-electron chi connectivity index (χ1n) is 12.0. The lowest BCUT2D eigenvalue weighted by Gasteiger charge is -2.34. The Morgan fingerprint density at radius 3 is 1.52 bits per heavy atom. The van der Waals surface area contributed by atoms with Crippen molar-refractivity contribution in [1.82, 2.24) is 0 Å². The van der Waals surface area contributed by atoms with Crippen LogP contribution in [-0.2, 0) is 5.41 Å². The average molecular weight is 605 g/mol. The van der Waals surface area contributed by atoms with Crippen LogP contribution in [0.15, 0.2) is 88.9 Å². The Morgan fingerprint density at radius 2 is 1.15 bits per heavy atom. The Kier molecular flexibility index (Phi) is 7.19. The first-order chi connectivity index (χ1) is 16.1. The maximum absolute atomic E-state index is 3.83.